The highest BCUT2D eigenvalue weighted by Gasteiger charge is 2.47. The van der Waals surface area contributed by atoms with Crippen LogP contribution in [0.25, 0.3) is 0 Å². The Labute approximate surface area is 79.9 Å². The monoisotopic (exact) mass is 232 g/mol. The molecule has 0 aromatic carbocycles. The normalized spacial score (nSPS) is 29.4. The zero-order valence-electron chi connectivity index (χ0n) is 7.43. The molecule has 0 radical (unpaired) electrons. The Bertz CT molecular complexity index is 301. The Balaban J connectivity index is 2.70. The molecule has 0 spiro atoms. The van der Waals surface area contributed by atoms with Gasteiger partial charge in [-0.05, 0) is 0 Å². The third-order valence-electron chi connectivity index (χ3n) is 2.00. The zero-order chi connectivity index (χ0) is 11.0. The van der Waals surface area contributed by atoms with Gasteiger partial charge >= 0.3 is 6.18 Å². The number of alkyl halides is 3. The first-order chi connectivity index (χ1) is 6.20. The van der Waals surface area contributed by atoms with E-state index in [0.717, 1.165) is 6.26 Å². The summed E-state index contributed by atoms with van der Waals surface area (Å²) in [5, 5.41) is 2.50. The van der Waals surface area contributed by atoms with Gasteiger partial charge in [0.25, 0.3) is 0 Å². The lowest BCUT2D eigenvalue weighted by Gasteiger charge is -2.21. The highest BCUT2D eigenvalue weighted by Crippen LogP contribution is 2.30. The van der Waals surface area contributed by atoms with E-state index in [4.69, 9.17) is 0 Å². The Morgan fingerprint density at radius 3 is 2.36 bits per heavy atom. The van der Waals surface area contributed by atoms with Crippen molar-refractivity contribution in [2.24, 2.45) is 5.92 Å². The standard InChI is InChI=1S/C6H11F3N2O2S/c1-14(12,13)11-5-3-10-2-4(5)6(7,8)9/h4-5,10-11H,2-3H2,1H3/t4-,5-/m1/s1. The molecule has 1 saturated heterocycles. The lowest BCUT2D eigenvalue weighted by molar-refractivity contribution is -0.172. The molecule has 1 heterocycles. The Kier molecular flexibility index (Phi) is 3.07. The van der Waals surface area contributed by atoms with E-state index < -0.39 is 28.2 Å². The minimum atomic E-state index is -4.37. The first kappa shape index (κ1) is 11.7. The van der Waals surface area contributed by atoms with Crippen LogP contribution >= 0.6 is 0 Å². The molecule has 0 unspecified atom stereocenters. The molecule has 0 saturated carbocycles. The number of rotatable bonds is 2. The smallest absolute Gasteiger partial charge is 0.314 e. The number of nitrogens with one attached hydrogen (secondary N) is 2. The number of hydrogen-bond acceptors (Lipinski definition) is 3. The second-order valence-electron chi connectivity index (χ2n) is 3.30. The van der Waals surface area contributed by atoms with E-state index in [9.17, 15) is 21.6 Å². The molecule has 2 atom stereocenters. The van der Waals surface area contributed by atoms with Crippen LogP contribution in [0.5, 0.6) is 0 Å². The average Bonchev–Trinajstić information content (AvgIpc) is 2.29. The Morgan fingerprint density at radius 2 is 1.93 bits per heavy atom. The van der Waals surface area contributed by atoms with Gasteiger partial charge in [-0.25, -0.2) is 13.1 Å². The van der Waals surface area contributed by atoms with Gasteiger partial charge in [0.15, 0.2) is 0 Å². The summed E-state index contributed by atoms with van der Waals surface area (Å²) < 4.78 is 60.4. The molecule has 1 rings (SSSR count). The summed E-state index contributed by atoms with van der Waals surface area (Å²) in [6.07, 6.45) is -3.52. The summed E-state index contributed by atoms with van der Waals surface area (Å²) in [7, 11) is -3.59. The van der Waals surface area contributed by atoms with E-state index in [-0.39, 0.29) is 13.1 Å². The van der Waals surface area contributed by atoms with Gasteiger partial charge < -0.3 is 5.32 Å². The third kappa shape index (κ3) is 3.10. The van der Waals surface area contributed by atoms with Gasteiger partial charge in [0.1, 0.15) is 0 Å². The maximum Gasteiger partial charge on any atom is 0.394 e. The molecule has 14 heavy (non-hydrogen) atoms. The van der Waals surface area contributed by atoms with Crippen LogP contribution in [0.3, 0.4) is 0 Å². The van der Waals surface area contributed by atoms with Crippen LogP contribution in [0, 0.1) is 5.92 Å². The number of hydrogen-bond donors (Lipinski definition) is 2. The van der Waals surface area contributed by atoms with Crippen LogP contribution in [-0.2, 0) is 10.0 Å². The first-order valence-corrected chi connectivity index (χ1v) is 5.84. The number of halogens is 3. The summed E-state index contributed by atoms with van der Waals surface area (Å²) in [6, 6.07) is -1.09. The Hall–Kier alpha value is -0.340. The molecular formula is C6H11F3N2O2S. The molecule has 0 amide bonds. The van der Waals surface area contributed by atoms with E-state index >= 15 is 0 Å². The second kappa shape index (κ2) is 3.67. The highest BCUT2D eigenvalue weighted by atomic mass is 32.2. The second-order valence-corrected chi connectivity index (χ2v) is 5.08. The fraction of sp³-hybridized carbons (Fsp3) is 1.00. The lowest BCUT2D eigenvalue weighted by atomic mass is 10.0. The minimum absolute atomic E-state index is 0.0112. The quantitative estimate of drug-likeness (QED) is 0.686. The van der Waals surface area contributed by atoms with Crippen molar-refractivity contribution in [3.8, 4) is 0 Å². The summed E-state index contributed by atoms with van der Waals surface area (Å²) >= 11 is 0. The molecule has 0 aliphatic carbocycles. The predicted molar refractivity (Wildman–Crippen MR) is 44.2 cm³/mol. The molecule has 1 aliphatic rings. The minimum Gasteiger partial charge on any atom is -0.314 e. The van der Waals surface area contributed by atoms with Crippen molar-refractivity contribution in [3.63, 3.8) is 0 Å². The summed E-state index contributed by atoms with van der Waals surface area (Å²) in [5.74, 6) is -1.64. The molecule has 1 aliphatic heterocycles. The molecule has 4 nitrogen and oxygen atoms in total. The molecular weight excluding hydrogens is 221 g/mol. The van der Waals surface area contributed by atoms with Crippen LogP contribution in [0.4, 0.5) is 13.2 Å². The third-order valence-corrected chi connectivity index (χ3v) is 2.73. The summed E-state index contributed by atoms with van der Waals surface area (Å²) in [4.78, 5) is 0. The molecule has 0 bridgehead atoms. The van der Waals surface area contributed by atoms with Crippen LogP contribution in [0.1, 0.15) is 0 Å². The summed E-state index contributed by atoms with van der Waals surface area (Å²) in [6.45, 7) is -0.228. The van der Waals surface area contributed by atoms with Gasteiger partial charge in [0, 0.05) is 19.1 Å². The molecule has 2 N–H and O–H groups in total. The highest BCUT2D eigenvalue weighted by molar-refractivity contribution is 7.88. The largest absolute Gasteiger partial charge is 0.394 e. The van der Waals surface area contributed by atoms with Crippen molar-refractivity contribution >= 4 is 10.0 Å². The van der Waals surface area contributed by atoms with Gasteiger partial charge in [-0.1, -0.05) is 0 Å². The molecule has 84 valence electrons. The van der Waals surface area contributed by atoms with Crippen molar-refractivity contribution in [2.45, 2.75) is 12.2 Å². The zero-order valence-corrected chi connectivity index (χ0v) is 8.24. The van der Waals surface area contributed by atoms with Crippen LogP contribution < -0.4 is 10.0 Å². The van der Waals surface area contributed by atoms with Gasteiger partial charge in [0.2, 0.25) is 10.0 Å². The van der Waals surface area contributed by atoms with Gasteiger partial charge in [0.05, 0.1) is 12.2 Å². The van der Waals surface area contributed by atoms with Crippen molar-refractivity contribution in [1.29, 1.82) is 0 Å². The van der Waals surface area contributed by atoms with Gasteiger partial charge in [-0.2, -0.15) is 13.2 Å². The summed E-state index contributed by atoms with van der Waals surface area (Å²) in [5.41, 5.74) is 0. The van der Waals surface area contributed by atoms with Gasteiger partial charge in [-0.15, -0.1) is 0 Å². The predicted octanol–water partition coefficient (Wildman–Crippen LogP) is -0.314. The van der Waals surface area contributed by atoms with E-state index in [0.29, 0.717) is 0 Å². The van der Waals surface area contributed by atoms with E-state index in [1.165, 1.54) is 0 Å². The van der Waals surface area contributed by atoms with E-state index in [1.807, 2.05) is 4.72 Å². The Morgan fingerprint density at radius 1 is 1.36 bits per heavy atom. The fourth-order valence-electron chi connectivity index (χ4n) is 1.42. The van der Waals surface area contributed by atoms with Crippen LogP contribution in [-0.4, -0.2) is 40.0 Å². The molecule has 0 aromatic rings. The molecule has 0 aromatic heterocycles. The molecule has 8 heteroatoms. The lowest BCUT2D eigenvalue weighted by Crippen LogP contribution is -2.44. The SMILES string of the molecule is CS(=O)(=O)N[C@@H]1CNC[C@H]1C(F)(F)F. The van der Waals surface area contributed by atoms with Crippen molar-refractivity contribution in [1.82, 2.24) is 10.0 Å². The van der Waals surface area contributed by atoms with Crippen molar-refractivity contribution in [2.75, 3.05) is 19.3 Å². The topological polar surface area (TPSA) is 58.2 Å². The first-order valence-electron chi connectivity index (χ1n) is 3.95. The van der Waals surface area contributed by atoms with Crippen molar-refractivity contribution in [3.05, 3.63) is 0 Å². The molecule has 1 fully saturated rings. The number of sulfonamides is 1. The average molecular weight is 232 g/mol. The van der Waals surface area contributed by atoms with Crippen molar-refractivity contribution < 1.29 is 21.6 Å². The van der Waals surface area contributed by atoms with E-state index in [2.05, 4.69) is 5.32 Å². The van der Waals surface area contributed by atoms with Crippen LogP contribution in [0.2, 0.25) is 0 Å². The maximum absolute atomic E-state index is 12.3. The fourth-order valence-corrected chi connectivity index (χ4v) is 2.22. The van der Waals surface area contributed by atoms with E-state index in [1.54, 1.807) is 0 Å². The van der Waals surface area contributed by atoms with Crippen LogP contribution in [0.15, 0.2) is 0 Å². The maximum atomic E-state index is 12.3. The van der Waals surface area contributed by atoms with Gasteiger partial charge in [-0.3, -0.25) is 0 Å².